The number of hydrogen-bond acceptors (Lipinski definition) is 3. The molecule has 1 fully saturated rings. The van der Waals surface area contributed by atoms with E-state index in [2.05, 4.69) is 11.9 Å². The fourth-order valence-electron chi connectivity index (χ4n) is 1.82. The number of rotatable bonds is 4. The lowest BCUT2D eigenvalue weighted by Crippen LogP contribution is -2.20. The second-order valence-corrected chi connectivity index (χ2v) is 4.53. The van der Waals surface area contributed by atoms with Crippen molar-refractivity contribution in [3.63, 3.8) is 0 Å². The molecule has 0 bridgehead atoms. The summed E-state index contributed by atoms with van der Waals surface area (Å²) in [6, 6.07) is 5.43. The molecule has 3 nitrogen and oxygen atoms in total. The van der Waals surface area contributed by atoms with Crippen LogP contribution in [0.4, 0.5) is 5.69 Å². The number of anilines is 1. The van der Waals surface area contributed by atoms with Gasteiger partial charge in [-0.3, -0.25) is 0 Å². The Labute approximate surface area is 90.5 Å². The molecule has 0 spiro atoms. The summed E-state index contributed by atoms with van der Waals surface area (Å²) in [6.45, 7) is 2.07. The molecule has 3 heteroatoms. The summed E-state index contributed by atoms with van der Waals surface area (Å²) >= 11 is 0. The highest BCUT2D eigenvalue weighted by Gasteiger charge is 2.22. The van der Waals surface area contributed by atoms with Crippen LogP contribution in [0.5, 0.6) is 5.75 Å². The quantitative estimate of drug-likeness (QED) is 0.583. The molecule has 0 saturated heterocycles. The highest BCUT2D eigenvalue weighted by molar-refractivity contribution is 5.53. The normalized spacial score (nSPS) is 15.9. The minimum Gasteiger partial charge on any atom is -0.506 e. The summed E-state index contributed by atoms with van der Waals surface area (Å²) in [4.78, 5) is 2.31. The van der Waals surface area contributed by atoms with Gasteiger partial charge in [-0.25, -0.2) is 0 Å². The van der Waals surface area contributed by atoms with Crippen LogP contribution in [0.1, 0.15) is 18.4 Å². The maximum atomic E-state index is 9.29. The van der Waals surface area contributed by atoms with Gasteiger partial charge in [0.1, 0.15) is 5.75 Å². The van der Waals surface area contributed by atoms with E-state index in [9.17, 15) is 5.11 Å². The number of phenols is 1. The lowest BCUT2D eigenvalue weighted by atomic mass is 10.2. The van der Waals surface area contributed by atoms with Crippen molar-refractivity contribution in [1.29, 1.82) is 0 Å². The van der Waals surface area contributed by atoms with E-state index in [4.69, 9.17) is 5.73 Å². The van der Waals surface area contributed by atoms with Crippen molar-refractivity contribution in [2.24, 2.45) is 5.92 Å². The van der Waals surface area contributed by atoms with Crippen LogP contribution in [0.25, 0.3) is 0 Å². The number of nitrogens with two attached hydrogens (primary N) is 1. The SMILES string of the molecule is CN(Cc1ccc(O)c(N)c1)CC1CC1. The largest absolute Gasteiger partial charge is 0.506 e. The highest BCUT2D eigenvalue weighted by atomic mass is 16.3. The van der Waals surface area contributed by atoms with E-state index in [1.54, 1.807) is 6.07 Å². The number of nitrogen functional groups attached to an aromatic ring is 1. The maximum Gasteiger partial charge on any atom is 0.138 e. The fourth-order valence-corrected chi connectivity index (χ4v) is 1.82. The first-order valence-electron chi connectivity index (χ1n) is 5.41. The lowest BCUT2D eigenvalue weighted by molar-refractivity contribution is 0.313. The van der Waals surface area contributed by atoms with Gasteiger partial charge in [0.25, 0.3) is 0 Å². The first kappa shape index (κ1) is 10.3. The predicted molar refractivity (Wildman–Crippen MR) is 61.6 cm³/mol. The van der Waals surface area contributed by atoms with Crippen LogP contribution in [0.3, 0.4) is 0 Å². The summed E-state index contributed by atoms with van der Waals surface area (Å²) in [7, 11) is 2.13. The van der Waals surface area contributed by atoms with Gasteiger partial charge < -0.3 is 15.7 Å². The van der Waals surface area contributed by atoms with Crippen molar-refractivity contribution < 1.29 is 5.11 Å². The van der Waals surface area contributed by atoms with Gasteiger partial charge in [-0.15, -0.1) is 0 Å². The van der Waals surface area contributed by atoms with Gasteiger partial charge in [-0.05, 0) is 43.5 Å². The lowest BCUT2D eigenvalue weighted by Gasteiger charge is -2.16. The van der Waals surface area contributed by atoms with Gasteiger partial charge in [0, 0.05) is 13.1 Å². The standard InChI is InChI=1S/C12H18N2O/c1-14(7-9-2-3-9)8-10-4-5-12(15)11(13)6-10/h4-6,9,15H,2-3,7-8,13H2,1H3. The van der Waals surface area contributed by atoms with E-state index in [-0.39, 0.29) is 5.75 Å². The van der Waals surface area contributed by atoms with E-state index in [0.29, 0.717) is 5.69 Å². The van der Waals surface area contributed by atoms with E-state index in [0.717, 1.165) is 18.0 Å². The monoisotopic (exact) mass is 206 g/mol. The Hall–Kier alpha value is -1.22. The van der Waals surface area contributed by atoms with Crippen LogP contribution >= 0.6 is 0 Å². The average Bonchev–Trinajstić information content (AvgIpc) is 2.95. The Balaban J connectivity index is 1.93. The third-order valence-corrected chi connectivity index (χ3v) is 2.81. The smallest absolute Gasteiger partial charge is 0.138 e. The van der Waals surface area contributed by atoms with E-state index >= 15 is 0 Å². The Morgan fingerprint density at radius 1 is 1.47 bits per heavy atom. The molecule has 15 heavy (non-hydrogen) atoms. The molecular weight excluding hydrogens is 188 g/mol. The van der Waals surface area contributed by atoms with Gasteiger partial charge in [0.2, 0.25) is 0 Å². The van der Waals surface area contributed by atoms with Gasteiger partial charge in [0.15, 0.2) is 0 Å². The Kier molecular flexibility index (Phi) is 2.82. The molecule has 0 radical (unpaired) electrons. The van der Waals surface area contributed by atoms with Crippen LogP contribution in [0.2, 0.25) is 0 Å². The molecule has 0 amide bonds. The minimum atomic E-state index is 0.170. The summed E-state index contributed by atoms with van der Waals surface area (Å²) in [6.07, 6.45) is 2.75. The zero-order valence-corrected chi connectivity index (χ0v) is 9.11. The molecule has 0 aromatic heterocycles. The summed E-state index contributed by atoms with van der Waals surface area (Å²) in [5.41, 5.74) is 7.27. The van der Waals surface area contributed by atoms with Gasteiger partial charge in [-0.1, -0.05) is 6.07 Å². The van der Waals surface area contributed by atoms with Gasteiger partial charge >= 0.3 is 0 Å². The van der Waals surface area contributed by atoms with Crippen molar-refractivity contribution in [3.05, 3.63) is 23.8 Å². The fraction of sp³-hybridized carbons (Fsp3) is 0.500. The predicted octanol–water partition coefficient (Wildman–Crippen LogP) is 1.82. The number of nitrogens with zero attached hydrogens (tertiary/aromatic N) is 1. The molecule has 0 heterocycles. The number of hydrogen-bond donors (Lipinski definition) is 2. The number of aromatic hydroxyl groups is 1. The Morgan fingerprint density at radius 3 is 2.80 bits per heavy atom. The summed E-state index contributed by atoms with van der Waals surface area (Å²) < 4.78 is 0. The average molecular weight is 206 g/mol. The Morgan fingerprint density at radius 2 is 2.20 bits per heavy atom. The molecule has 0 aliphatic heterocycles. The summed E-state index contributed by atoms with van der Waals surface area (Å²) in [5.74, 6) is 1.08. The maximum absolute atomic E-state index is 9.29. The molecule has 0 atom stereocenters. The van der Waals surface area contributed by atoms with Gasteiger partial charge in [0.05, 0.1) is 5.69 Å². The van der Waals surface area contributed by atoms with E-state index in [1.165, 1.54) is 19.4 Å². The minimum absolute atomic E-state index is 0.170. The number of benzene rings is 1. The molecule has 2 rings (SSSR count). The topological polar surface area (TPSA) is 49.5 Å². The Bertz CT molecular complexity index is 347. The molecule has 1 aromatic carbocycles. The highest BCUT2D eigenvalue weighted by Crippen LogP contribution is 2.30. The van der Waals surface area contributed by atoms with Crippen molar-refractivity contribution in [2.45, 2.75) is 19.4 Å². The molecule has 1 aliphatic carbocycles. The van der Waals surface area contributed by atoms with Crippen LogP contribution in [0, 0.1) is 5.92 Å². The van der Waals surface area contributed by atoms with Crippen molar-refractivity contribution in [2.75, 3.05) is 19.3 Å². The van der Waals surface area contributed by atoms with Crippen molar-refractivity contribution >= 4 is 5.69 Å². The van der Waals surface area contributed by atoms with Crippen molar-refractivity contribution in [3.8, 4) is 5.75 Å². The number of phenolic OH excluding ortho intramolecular Hbond substituents is 1. The van der Waals surface area contributed by atoms with Gasteiger partial charge in [-0.2, -0.15) is 0 Å². The van der Waals surface area contributed by atoms with E-state index in [1.807, 2.05) is 12.1 Å². The molecule has 3 N–H and O–H groups in total. The zero-order valence-electron chi connectivity index (χ0n) is 9.11. The first-order valence-corrected chi connectivity index (χ1v) is 5.41. The van der Waals surface area contributed by atoms with Crippen LogP contribution in [-0.2, 0) is 6.54 Å². The molecule has 1 saturated carbocycles. The molecule has 0 unspecified atom stereocenters. The third kappa shape index (κ3) is 2.86. The molecule has 1 aliphatic rings. The third-order valence-electron chi connectivity index (χ3n) is 2.81. The van der Waals surface area contributed by atoms with Crippen LogP contribution in [0.15, 0.2) is 18.2 Å². The van der Waals surface area contributed by atoms with Crippen LogP contribution < -0.4 is 5.73 Å². The molecule has 82 valence electrons. The first-order chi connectivity index (χ1) is 7.15. The zero-order chi connectivity index (χ0) is 10.8. The second-order valence-electron chi connectivity index (χ2n) is 4.53. The molecular formula is C12H18N2O. The second kappa shape index (κ2) is 4.11. The van der Waals surface area contributed by atoms with Crippen molar-refractivity contribution in [1.82, 2.24) is 4.90 Å². The van der Waals surface area contributed by atoms with Crippen LogP contribution in [-0.4, -0.2) is 23.6 Å². The molecule has 1 aromatic rings. The summed E-state index contributed by atoms with van der Waals surface area (Å²) in [5, 5.41) is 9.29. The van der Waals surface area contributed by atoms with E-state index < -0.39 is 0 Å².